The zero-order valence-corrected chi connectivity index (χ0v) is 22.6. The van der Waals surface area contributed by atoms with Crippen molar-refractivity contribution in [2.75, 3.05) is 10.0 Å². The van der Waals surface area contributed by atoms with Gasteiger partial charge in [0, 0.05) is 21.9 Å². The van der Waals surface area contributed by atoms with E-state index in [-0.39, 0.29) is 17.3 Å². The molecule has 0 amide bonds. The van der Waals surface area contributed by atoms with Crippen molar-refractivity contribution in [2.24, 2.45) is 0 Å². The van der Waals surface area contributed by atoms with E-state index in [4.69, 9.17) is 19.6 Å². The van der Waals surface area contributed by atoms with Gasteiger partial charge in [0.05, 0.1) is 28.7 Å². The molecule has 0 radical (unpaired) electrons. The van der Waals surface area contributed by atoms with Gasteiger partial charge < -0.3 is 10.4 Å². The minimum atomic E-state index is -4.35. The number of carboxylic acids is 1. The molecular weight excluding hydrogens is 557 g/mol. The van der Waals surface area contributed by atoms with E-state index in [0.717, 1.165) is 33.1 Å². The Kier molecular flexibility index (Phi) is 7.70. The average Bonchev–Trinajstić information content (AvgIpc) is 3.60. The first-order valence-corrected chi connectivity index (χ1v) is 14.8. The number of hydrogen-bond acceptors (Lipinski definition) is 8. The Balaban J connectivity index is 1.40. The van der Waals surface area contributed by atoms with Crippen LogP contribution in [0.1, 0.15) is 27.7 Å². The number of nitrogens with one attached hydrogen (secondary N) is 2. The molecule has 0 saturated carbocycles. The Labute approximate surface area is 232 Å². The third kappa shape index (κ3) is 6.86. The lowest BCUT2D eigenvalue weighted by molar-refractivity contribution is 0.0697. The maximum absolute atomic E-state index is 11.2. The topological polar surface area (TPSA) is 142 Å². The number of nitrogens with zero attached hydrogens (tertiary/aromatic N) is 2. The molecule has 2 aromatic heterocycles. The molecular formula is C27H22N4O5S3. The summed E-state index contributed by atoms with van der Waals surface area (Å²) in [5, 5.41) is 18.1. The molecule has 1 atom stereocenters. The van der Waals surface area contributed by atoms with Crippen LogP contribution in [0.25, 0.3) is 21.8 Å². The standard InChI is InChI=1S/C27H22N4O5S3/c32-26(33)20-10-8-18(9-11-20)23-15-38-27(30-23)29-22(14-17-6-12-21(13-7-17)31-39(34,35)36)24-16-37-25(28-24)19-4-2-1-3-5-19/h1-13,15-16,22,31H,14H2,(H,29,30)(H,32,33)(H,34,35,36)/t22-/m0/s1. The highest BCUT2D eigenvalue weighted by Crippen LogP contribution is 2.32. The number of aromatic nitrogens is 2. The van der Waals surface area contributed by atoms with Gasteiger partial charge in [0.2, 0.25) is 0 Å². The molecule has 0 fully saturated rings. The molecule has 5 rings (SSSR count). The summed E-state index contributed by atoms with van der Waals surface area (Å²) >= 11 is 2.98. The minimum Gasteiger partial charge on any atom is -0.478 e. The number of benzene rings is 3. The molecule has 0 spiro atoms. The summed E-state index contributed by atoms with van der Waals surface area (Å²) in [6.45, 7) is 0. The van der Waals surface area contributed by atoms with Gasteiger partial charge in [0.25, 0.3) is 0 Å². The average molecular weight is 579 g/mol. The van der Waals surface area contributed by atoms with Crippen LogP contribution in [0.4, 0.5) is 10.8 Å². The number of carboxylic acid groups (broad SMARTS) is 1. The maximum Gasteiger partial charge on any atom is 0.357 e. The lowest BCUT2D eigenvalue weighted by Crippen LogP contribution is -2.14. The molecule has 3 aromatic carbocycles. The summed E-state index contributed by atoms with van der Waals surface area (Å²) in [6, 6.07) is 23.0. The van der Waals surface area contributed by atoms with Crippen LogP contribution >= 0.6 is 22.7 Å². The van der Waals surface area contributed by atoms with E-state index < -0.39 is 16.3 Å². The Hall–Kier alpha value is -4.10. The lowest BCUT2D eigenvalue weighted by atomic mass is 10.0. The molecule has 0 aliphatic carbocycles. The molecule has 0 saturated heterocycles. The van der Waals surface area contributed by atoms with Crippen LogP contribution in [0.5, 0.6) is 0 Å². The second kappa shape index (κ2) is 11.3. The van der Waals surface area contributed by atoms with Crippen molar-refractivity contribution in [3.8, 4) is 21.8 Å². The number of thiazole rings is 2. The highest BCUT2D eigenvalue weighted by Gasteiger charge is 2.19. The molecule has 0 aliphatic rings. The summed E-state index contributed by atoms with van der Waals surface area (Å²) < 4.78 is 33.3. The molecule has 0 bridgehead atoms. The molecule has 0 aliphatic heterocycles. The van der Waals surface area contributed by atoms with Crippen molar-refractivity contribution in [3.63, 3.8) is 0 Å². The van der Waals surface area contributed by atoms with Gasteiger partial charge in [-0.2, -0.15) is 8.42 Å². The van der Waals surface area contributed by atoms with Gasteiger partial charge in [-0.3, -0.25) is 9.27 Å². The van der Waals surface area contributed by atoms with Gasteiger partial charge in [-0.05, 0) is 36.2 Å². The fourth-order valence-electron chi connectivity index (χ4n) is 3.89. The third-order valence-electron chi connectivity index (χ3n) is 5.77. The van der Waals surface area contributed by atoms with Crippen LogP contribution in [0.2, 0.25) is 0 Å². The Morgan fingerprint density at radius 2 is 1.59 bits per heavy atom. The second-order valence-corrected chi connectivity index (χ2v) is 11.4. The van der Waals surface area contributed by atoms with Gasteiger partial charge in [-0.1, -0.05) is 54.6 Å². The van der Waals surface area contributed by atoms with Crippen LogP contribution in [0.3, 0.4) is 0 Å². The van der Waals surface area contributed by atoms with E-state index in [9.17, 15) is 13.2 Å². The van der Waals surface area contributed by atoms with E-state index in [0.29, 0.717) is 11.6 Å². The van der Waals surface area contributed by atoms with E-state index in [1.807, 2.05) is 45.8 Å². The fourth-order valence-corrected chi connectivity index (χ4v) is 5.97. The fraction of sp³-hybridized carbons (Fsp3) is 0.0741. The number of rotatable bonds is 10. The predicted octanol–water partition coefficient (Wildman–Crippen LogP) is 6.24. The summed E-state index contributed by atoms with van der Waals surface area (Å²) in [4.78, 5) is 20.8. The molecule has 39 heavy (non-hydrogen) atoms. The van der Waals surface area contributed by atoms with Crippen LogP contribution < -0.4 is 10.0 Å². The predicted molar refractivity (Wildman–Crippen MR) is 154 cm³/mol. The number of aromatic carboxylic acids is 1. The van der Waals surface area contributed by atoms with Crippen molar-refractivity contribution in [1.82, 2.24) is 9.97 Å². The van der Waals surface area contributed by atoms with E-state index in [2.05, 4.69) is 5.32 Å². The maximum atomic E-state index is 11.2. The van der Waals surface area contributed by atoms with E-state index in [1.54, 1.807) is 59.9 Å². The largest absolute Gasteiger partial charge is 0.478 e. The zero-order chi connectivity index (χ0) is 27.4. The first-order chi connectivity index (χ1) is 18.7. The zero-order valence-electron chi connectivity index (χ0n) is 20.2. The van der Waals surface area contributed by atoms with Crippen LogP contribution in [0, 0.1) is 0 Å². The normalized spacial score (nSPS) is 12.1. The number of anilines is 2. The van der Waals surface area contributed by atoms with Crippen molar-refractivity contribution >= 4 is 49.8 Å². The van der Waals surface area contributed by atoms with Crippen molar-refractivity contribution in [2.45, 2.75) is 12.5 Å². The molecule has 5 aromatic rings. The van der Waals surface area contributed by atoms with Gasteiger partial charge in [-0.15, -0.1) is 22.7 Å². The molecule has 12 heteroatoms. The van der Waals surface area contributed by atoms with Gasteiger partial charge in [0.15, 0.2) is 5.13 Å². The summed E-state index contributed by atoms with van der Waals surface area (Å²) in [6.07, 6.45) is 0.534. The first kappa shape index (κ1) is 26.5. The lowest BCUT2D eigenvalue weighted by Gasteiger charge is -2.17. The monoisotopic (exact) mass is 578 g/mol. The molecule has 4 N–H and O–H groups in total. The number of carbonyl (C=O) groups is 1. The first-order valence-electron chi connectivity index (χ1n) is 11.6. The SMILES string of the molecule is O=C(O)c1ccc(-c2csc(N[C@@H](Cc3ccc(NS(=O)(=O)O)cc3)c3csc(-c4ccccc4)n3)n2)cc1. The highest BCUT2D eigenvalue weighted by molar-refractivity contribution is 7.87. The molecule has 0 unspecified atom stereocenters. The van der Waals surface area contributed by atoms with Crippen molar-refractivity contribution in [3.05, 3.63) is 106 Å². The summed E-state index contributed by atoms with van der Waals surface area (Å²) in [7, 11) is -4.35. The smallest absolute Gasteiger partial charge is 0.357 e. The minimum absolute atomic E-state index is 0.211. The van der Waals surface area contributed by atoms with E-state index >= 15 is 0 Å². The Morgan fingerprint density at radius 3 is 2.26 bits per heavy atom. The molecule has 9 nitrogen and oxygen atoms in total. The third-order valence-corrected chi connectivity index (χ3v) is 7.95. The second-order valence-electron chi connectivity index (χ2n) is 8.54. The Bertz CT molecular complexity index is 1680. The molecule has 2 heterocycles. The van der Waals surface area contributed by atoms with Gasteiger partial charge >= 0.3 is 16.3 Å². The van der Waals surface area contributed by atoms with Crippen LogP contribution in [0.15, 0.2) is 89.6 Å². The number of hydrogen-bond donors (Lipinski definition) is 4. The van der Waals surface area contributed by atoms with E-state index in [1.165, 1.54) is 11.3 Å². The van der Waals surface area contributed by atoms with Gasteiger partial charge in [0.1, 0.15) is 5.01 Å². The van der Waals surface area contributed by atoms with Gasteiger partial charge in [-0.25, -0.2) is 14.8 Å². The van der Waals surface area contributed by atoms with Crippen molar-refractivity contribution < 1.29 is 22.9 Å². The quantitative estimate of drug-likeness (QED) is 0.143. The summed E-state index contributed by atoms with van der Waals surface area (Å²) in [5.74, 6) is -0.982. The molecule has 198 valence electrons. The van der Waals surface area contributed by atoms with Crippen LogP contribution in [-0.2, 0) is 16.7 Å². The van der Waals surface area contributed by atoms with Crippen LogP contribution in [-0.4, -0.2) is 34.0 Å². The Morgan fingerprint density at radius 1 is 0.872 bits per heavy atom. The summed E-state index contributed by atoms with van der Waals surface area (Å²) in [5.41, 5.74) is 4.77. The highest BCUT2D eigenvalue weighted by atomic mass is 32.2. The van der Waals surface area contributed by atoms with Crippen molar-refractivity contribution in [1.29, 1.82) is 0 Å².